The summed E-state index contributed by atoms with van der Waals surface area (Å²) in [5, 5.41) is 18.1. The third kappa shape index (κ3) is 2.36. The van der Waals surface area contributed by atoms with Crippen molar-refractivity contribution in [1.82, 2.24) is 0 Å². The van der Waals surface area contributed by atoms with E-state index >= 15 is 0 Å². The van der Waals surface area contributed by atoms with Gasteiger partial charge in [0.15, 0.2) is 5.60 Å². The lowest BCUT2D eigenvalue weighted by Gasteiger charge is -2.29. The number of carboxylic acids is 1. The van der Waals surface area contributed by atoms with Crippen LogP contribution in [0.1, 0.15) is 12.5 Å². The van der Waals surface area contributed by atoms with Crippen molar-refractivity contribution in [3.8, 4) is 0 Å². The van der Waals surface area contributed by atoms with E-state index in [1.54, 1.807) is 0 Å². The van der Waals surface area contributed by atoms with Crippen molar-refractivity contribution in [3.63, 3.8) is 0 Å². The van der Waals surface area contributed by atoms with E-state index in [1.165, 1.54) is 6.07 Å². The number of hydrogen-bond acceptors (Lipinski definition) is 2. The Hall–Kier alpha value is -0.910. The highest BCUT2D eigenvalue weighted by Gasteiger charge is 2.57. The van der Waals surface area contributed by atoms with Gasteiger partial charge in [-0.1, -0.05) is 29.3 Å². The van der Waals surface area contributed by atoms with Gasteiger partial charge in [-0.15, -0.1) is 0 Å². The van der Waals surface area contributed by atoms with E-state index in [1.807, 2.05) is 0 Å². The van der Waals surface area contributed by atoms with E-state index in [0.29, 0.717) is 6.92 Å². The van der Waals surface area contributed by atoms with Gasteiger partial charge in [-0.3, -0.25) is 0 Å². The Balaban J connectivity index is 3.30. The first-order valence-corrected chi connectivity index (χ1v) is 5.15. The van der Waals surface area contributed by atoms with Gasteiger partial charge < -0.3 is 10.2 Å². The van der Waals surface area contributed by atoms with Crippen molar-refractivity contribution in [2.75, 3.05) is 0 Å². The third-order valence-electron chi connectivity index (χ3n) is 2.36. The molecule has 1 atom stereocenters. The van der Waals surface area contributed by atoms with Crippen LogP contribution in [-0.2, 0) is 10.4 Å². The number of carboxylic acid groups (broad SMARTS) is 1. The molecule has 0 aliphatic heterocycles. The van der Waals surface area contributed by atoms with Gasteiger partial charge in [-0.05, 0) is 24.6 Å². The number of carbonyl (C=O) groups is 1. The maximum Gasteiger partial charge on any atom is 0.378 e. The fourth-order valence-electron chi connectivity index (χ4n) is 1.19. The predicted octanol–water partition coefficient (Wildman–Crippen LogP) is 2.92. The first-order valence-electron chi connectivity index (χ1n) is 4.40. The van der Waals surface area contributed by atoms with Crippen molar-refractivity contribution in [2.24, 2.45) is 0 Å². The zero-order valence-corrected chi connectivity index (χ0v) is 10.1. The maximum atomic E-state index is 13.3. The van der Waals surface area contributed by atoms with Crippen molar-refractivity contribution in [1.29, 1.82) is 0 Å². The Bertz CT molecular complexity index is 461. The molecule has 0 aliphatic rings. The van der Waals surface area contributed by atoms with E-state index in [2.05, 4.69) is 0 Å². The molecule has 0 bridgehead atoms. The summed E-state index contributed by atoms with van der Waals surface area (Å²) in [7, 11) is 0. The number of aliphatic carboxylic acids is 1. The van der Waals surface area contributed by atoms with Crippen LogP contribution in [0.25, 0.3) is 0 Å². The van der Waals surface area contributed by atoms with Gasteiger partial charge in [-0.2, -0.15) is 8.78 Å². The molecular formula is C10H8Cl2F2O3. The van der Waals surface area contributed by atoms with Crippen LogP contribution >= 0.6 is 23.2 Å². The summed E-state index contributed by atoms with van der Waals surface area (Å²) in [6.07, 6.45) is 0. The first kappa shape index (κ1) is 14.2. The zero-order chi connectivity index (χ0) is 13.4. The van der Waals surface area contributed by atoms with Gasteiger partial charge in [0.1, 0.15) is 0 Å². The van der Waals surface area contributed by atoms with Crippen LogP contribution in [0.2, 0.25) is 10.0 Å². The van der Waals surface area contributed by atoms with Crippen LogP contribution in [0, 0.1) is 0 Å². The Labute approximate surface area is 106 Å². The number of alkyl halides is 2. The minimum atomic E-state index is -4.34. The fourth-order valence-corrected chi connectivity index (χ4v) is 1.49. The number of aliphatic hydroxyl groups is 1. The van der Waals surface area contributed by atoms with Gasteiger partial charge in [0.2, 0.25) is 0 Å². The van der Waals surface area contributed by atoms with Crippen molar-refractivity contribution in [3.05, 3.63) is 33.8 Å². The highest BCUT2D eigenvalue weighted by atomic mass is 35.5. The van der Waals surface area contributed by atoms with E-state index in [9.17, 15) is 18.7 Å². The lowest BCUT2D eigenvalue weighted by atomic mass is 9.89. The molecule has 0 saturated carbocycles. The van der Waals surface area contributed by atoms with Crippen molar-refractivity contribution >= 4 is 29.2 Å². The molecule has 7 heteroatoms. The molecule has 1 aromatic rings. The molecule has 1 unspecified atom stereocenters. The highest BCUT2D eigenvalue weighted by Crippen LogP contribution is 2.39. The van der Waals surface area contributed by atoms with Crippen LogP contribution in [0.15, 0.2) is 18.2 Å². The lowest BCUT2D eigenvalue weighted by Crippen LogP contribution is -2.48. The van der Waals surface area contributed by atoms with Gasteiger partial charge in [-0.25, -0.2) is 4.79 Å². The second-order valence-corrected chi connectivity index (χ2v) is 4.40. The quantitative estimate of drug-likeness (QED) is 0.897. The molecule has 2 N–H and O–H groups in total. The molecule has 0 aliphatic carbocycles. The molecule has 0 amide bonds. The molecule has 1 rings (SSSR count). The monoisotopic (exact) mass is 284 g/mol. The number of benzene rings is 1. The van der Waals surface area contributed by atoms with Crippen LogP contribution in [-0.4, -0.2) is 22.1 Å². The Morgan fingerprint density at radius 3 is 2.24 bits per heavy atom. The number of rotatable bonds is 3. The molecule has 0 spiro atoms. The second kappa shape index (κ2) is 4.40. The number of hydrogen-bond donors (Lipinski definition) is 2. The largest absolute Gasteiger partial charge is 0.477 e. The van der Waals surface area contributed by atoms with Gasteiger partial charge in [0, 0.05) is 0 Å². The minimum Gasteiger partial charge on any atom is -0.477 e. The van der Waals surface area contributed by atoms with Gasteiger partial charge in [0.25, 0.3) is 0 Å². The van der Waals surface area contributed by atoms with Crippen LogP contribution in [0.4, 0.5) is 8.78 Å². The van der Waals surface area contributed by atoms with Gasteiger partial charge in [0.05, 0.1) is 10.0 Å². The molecule has 0 saturated heterocycles. The molecule has 0 aromatic heterocycles. The molecule has 3 nitrogen and oxygen atoms in total. The average Bonchev–Trinajstić information content (AvgIpc) is 2.21. The molecule has 94 valence electrons. The summed E-state index contributed by atoms with van der Waals surface area (Å²) in [5.74, 6) is -6.77. The van der Waals surface area contributed by atoms with Crippen molar-refractivity contribution in [2.45, 2.75) is 18.4 Å². The average molecular weight is 285 g/mol. The van der Waals surface area contributed by atoms with E-state index < -0.39 is 17.5 Å². The van der Waals surface area contributed by atoms with Gasteiger partial charge >= 0.3 is 11.9 Å². The topological polar surface area (TPSA) is 57.5 Å². The van der Waals surface area contributed by atoms with E-state index in [4.69, 9.17) is 28.3 Å². The van der Waals surface area contributed by atoms with Crippen molar-refractivity contribution < 1.29 is 23.8 Å². The molecule has 17 heavy (non-hydrogen) atoms. The Kier molecular flexibility index (Phi) is 3.66. The first-order chi connectivity index (χ1) is 7.60. The third-order valence-corrected chi connectivity index (χ3v) is 3.10. The zero-order valence-electron chi connectivity index (χ0n) is 8.55. The predicted molar refractivity (Wildman–Crippen MR) is 58.6 cm³/mol. The molecular weight excluding hydrogens is 277 g/mol. The van der Waals surface area contributed by atoms with E-state index in [-0.39, 0.29) is 15.6 Å². The summed E-state index contributed by atoms with van der Waals surface area (Å²) in [4.78, 5) is 10.4. The highest BCUT2D eigenvalue weighted by molar-refractivity contribution is 6.42. The maximum absolute atomic E-state index is 13.3. The normalized spacial score (nSPS) is 15.4. The lowest BCUT2D eigenvalue weighted by molar-refractivity contribution is -0.207. The fraction of sp³-hybridized carbons (Fsp3) is 0.300. The van der Waals surface area contributed by atoms with Crippen LogP contribution in [0.3, 0.4) is 0 Å². The summed E-state index contributed by atoms with van der Waals surface area (Å²) in [6, 6.07) is 3.29. The molecule has 0 radical (unpaired) electrons. The molecule has 0 heterocycles. The summed E-state index contributed by atoms with van der Waals surface area (Å²) < 4.78 is 26.6. The summed E-state index contributed by atoms with van der Waals surface area (Å²) in [6.45, 7) is 0.695. The summed E-state index contributed by atoms with van der Waals surface area (Å²) in [5.41, 5.74) is -3.22. The Morgan fingerprint density at radius 1 is 1.29 bits per heavy atom. The second-order valence-electron chi connectivity index (χ2n) is 3.58. The molecule has 0 fully saturated rings. The van der Waals surface area contributed by atoms with Crippen LogP contribution < -0.4 is 0 Å². The SMILES string of the molecule is CC(O)(c1ccc(Cl)c(Cl)c1)C(F)(F)C(=O)O. The smallest absolute Gasteiger partial charge is 0.378 e. The summed E-state index contributed by atoms with van der Waals surface area (Å²) >= 11 is 11.2. The minimum absolute atomic E-state index is 0.0503. The van der Waals surface area contributed by atoms with Crippen LogP contribution in [0.5, 0.6) is 0 Å². The molecule has 1 aromatic carbocycles. The standard InChI is InChI=1S/C10H8Cl2F2O3/c1-9(17,10(13,14)8(15)16)5-2-3-6(11)7(12)4-5/h2-4,17H,1H3,(H,15,16). The Morgan fingerprint density at radius 2 is 1.82 bits per heavy atom. The number of halogens is 4. The van der Waals surface area contributed by atoms with E-state index in [0.717, 1.165) is 12.1 Å².